The van der Waals surface area contributed by atoms with Crippen LogP contribution in [0.5, 0.6) is 0 Å². The standard InChI is InChI=1S/C17H21N3O/c1-12-15(10-18-19-12)11-20(2)17(21)9-14-8-7-13-5-3-4-6-16(13)14/h3-6,10,14H,7-9,11H2,1-2H3,(H,18,19)/t14-/m1/s1. The van der Waals surface area contributed by atoms with Crippen LogP contribution in [0.3, 0.4) is 0 Å². The Labute approximate surface area is 125 Å². The number of aromatic nitrogens is 2. The van der Waals surface area contributed by atoms with Gasteiger partial charge in [0, 0.05) is 31.3 Å². The smallest absolute Gasteiger partial charge is 0.223 e. The Bertz CT molecular complexity index is 647. The summed E-state index contributed by atoms with van der Waals surface area (Å²) in [5, 5.41) is 6.92. The van der Waals surface area contributed by atoms with Crippen molar-refractivity contribution in [3.05, 3.63) is 52.8 Å². The maximum absolute atomic E-state index is 12.4. The molecule has 0 spiro atoms. The van der Waals surface area contributed by atoms with Gasteiger partial charge in [-0.25, -0.2) is 0 Å². The summed E-state index contributed by atoms with van der Waals surface area (Å²) in [6, 6.07) is 8.50. The van der Waals surface area contributed by atoms with Crippen molar-refractivity contribution in [2.75, 3.05) is 7.05 Å². The molecule has 4 nitrogen and oxygen atoms in total. The molecule has 1 aromatic carbocycles. The van der Waals surface area contributed by atoms with Crippen LogP contribution in [0.25, 0.3) is 0 Å². The zero-order chi connectivity index (χ0) is 14.8. The monoisotopic (exact) mass is 283 g/mol. The Kier molecular flexibility index (Phi) is 3.78. The number of hydrogen-bond acceptors (Lipinski definition) is 2. The van der Waals surface area contributed by atoms with Crippen LogP contribution in [-0.2, 0) is 17.8 Å². The molecule has 3 rings (SSSR count). The third kappa shape index (κ3) is 2.84. The molecule has 4 heteroatoms. The third-order valence-corrected chi connectivity index (χ3v) is 4.45. The maximum atomic E-state index is 12.4. The number of aromatic amines is 1. The van der Waals surface area contributed by atoms with E-state index < -0.39 is 0 Å². The molecular formula is C17H21N3O. The molecule has 0 fully saturated rings. The second-order valence-electron chi connectivity index (χ2n) is 5.91. The van der Waals surface area contributed by atoms with Crippen LogP contribution >= 0.6 is 0 Å². The summed E-state index contributed by atoms with van der Waals surface area (Å²) < 4.78 is 0. The highest BCUT2D eigenvalue weighted by Crippen LogP contribution is 2.35. The molecule has 1 N–H and O–H groups in total. The van der Waals surface area contributed by atoms with Crippen LogP contribution in [0.1, 0.15) is 41.1 Å². The number of rotatable bonds is 4. The van der Waals surface area contributed by atoms with E-state index in [0.717, 1.165) is 24.1 Å². The van der Waals surface area contributed by atoms with Crippen LogP contribution in [0, 0.1) is 6.92 Å². The molecule has 1 aliphatic carbocycles. The number of fused-ring (bicyclic) bond motifs is 1. The Morgan fingerprint density at radius 1 is 1.43 bits per heavy atom. The average Bonchev–Trinajstić information content (AvgIpc) is 3.07. The number of hydrogen-bond donors (Lipinski definition) is 1. The highest BCUT2D eigenvalue weighted by atomic mass is 16.2. The predicted octanol–water partition coefficient (Wildman–Crippen LogP) is 2.80. The fourth-order valence-electron chi connectivity index (χ4n) is 3.10. The zero-order valence-corrected chi connectivity index (χ0v) is 12.6. The minimum Gasteiger partial charge on any atom is -0.341 e. The van der Waals surface area contributed by atoms with Crippen molar-refractivity contribution >= 4 is 5.91 Å². The first-order valence-corrected chi connectivity index (χ1v) is 7.45. The summed E-state index contributed by atoms with van der Waals surface area (Å²) in [5.74, 6) is 0.582. The minimum atomic E-state index is 0.206. The molecule has 0 saturated carbocycles. The average molecular weight is 283 g/mol. The van der Waals surface area contributed by atoms with E-state index in [0.29, 0.717) is 18.9 Å². The highest BCUT2D eigenvalue weighted by Gasteiger charge is 2.25. The summed E-state index contributed by atoms with van der Waals surface area (Å²) in [5.41, 5.74) is 4.88. The maximum Gasteiger partial charge on any atom is 0.223 e. The number of nitrogens with one attached hydrogen (secondary N) is 1. The molecule has 1 atom stereocenters. The predicted molar refractivity (Wildman–Crippen MR) is 81.9 cm³/mol. The van der Waals surface area contributed by atoms with Crippen LogP contribution in [0.15, 0.2) is 30.5 Å². The van der Waals surface area contributed by atoms with E-state index in [1.54, 1.807) is 11.1 Å². The summed E-state index contributed by atoms with van der Waals surface area (Å²) in [6.45, 7) is 2.60. The first kappa shape index (κ1) is 13.9. The Morgan fingerprint density at radius 3 is 3.00 bits per heavy atom. The topological polar surface area (TPSA) is 49.0 Å². The van der Waals surface area contributed by atoms with Gasteiger partial charge >= 0.3 is 0 Å². The van der Waals surface area contributed by atoms with Gasteiger partial charge in [-0.2, -0.15) is 5.10 Å². The van der Waals surface area contributed by atoms with Crippen LogP contribution < -0.4 is 0 Å². The highest BCUT2D eigenvalue weighted by molar-refractivity contribution is 5.77. The largest absolute Gasteiger partial charge is 0.341 e. The fourth-order valence-corrected chi connectivity index (χ4v) is 3.10. The molecule has 1 aromatic heterocycles. The summed E-state index contributed by atoms with van der Waals surface area (Å²) in [6.07, 6.45) is 4.58. The van der Waals surface area contributed by atoms with Crippen LogP contribution in [0.4, 0.5) is 0 Å². The Hall–Kier alpha value is -2.10. The molecular weight excluding hydrogens is 262 g/mol. The molecule has 2 aromatic rings. The second kappa shape index (κ2) is 5.72. The third-order valence-electron chi connectivity index (χ3n) is 4.45. The van der Waals surface area contributed by atoms with Gasteiger partial charge < -0.3 is 4.90 Å². The molecule has 1 aliphatic rings. The molecule has 1 amide bonds. The number of amides is 1. The lowest BCUT2D eigenvalue weighted by atomic mass is 9.97. The number of benzene rings is 1. The van der Waals surface area contributed by atoms with Gasteiger partial charge in [0.1, 0.15) is 0 Å². The number of H-pyrrole nitrogens is 1. The number of carbonyl (C=O) groups excluding carboxylic acids is 1. The second-order valence-corrected chi connectivity index (χ2v) is 5.91. The van der Waals surface area contributed by atoms with Crippen molar-refractivity contribution in [2.45, 2.75) is 38.6 Å². The summed E-state index contributed by atoms with van der Waals surface area (Å²) >= 11 is 0. The van der Waals surface area contributed by atoms with E-state index >= 15 is 0 Å². The fraction of sp³-hybridized carbons (Fsp3) is 0.412. The van der Waals surface area contributed by atoms with Crippen LogP contribution in [-0.4, -0.2) is 28.1 Å². The van der Waals surface area contributed by atoms with Crippen LogP contribution in [0.2, 0.25) is 0 Å². The lowest BCUT2D eigenvalue weighted by Gasteiger charge is -2.19. The SMILES string of the molecule is Cc1[nH]ncc1CN(C)C(=O)C[C@H]1CCc2ccccc21. The van der Waals surface area contributed by atoms with Gasteiger partial charge in [-0.3, -0.25) is 9.89 Å². The van der Waals surface area contributed by atoms with Crippen molar-refractivity contribution in [2.24, 2.45) is 0 Å². The molecule has 0 saturated heterocycles. The molecule has 110 valence electrons. The van der Waals surface area contributed by atoms with E-state index in [4.69, 9.17) is 0 Å². The molecule has 21 heavy (non-hydrogen) atoms. The van der Waals surface area contributed by atoms with Gasteiger partial charge in [0.15, 0.2) is 0 Å². The summed E-state index contributed by atoms with van der Waals surface area (Å²) in [7, 11) is 1.87. The van der Waals surface area contributed by atoms with Gasteiger partial charge in [0.25, 0.3) is 0 Å². The lowest BCUT2D eigenvalue weighted by molar-refractivity contribution is -0.130. The Morgan fingerprint density at radius 2 is 2.24 bits per heavy atom. The quantitative estimate of drug-likeness (QED) is 0.938. The Balaban J connectivity index is 1.63. The van der Waals surface area contributed by atoms with Crippen molar-refractivity contribution in [3.63, 3.8) is 0 Å². The van der Waals surface area contributed by atoms with Crippen molar-refractivity contribution in [1.82, 2.24) is 15.1 Å². The van der Waals surface area contributed by atoms with E-state index in [-0.39, 0.29) is 5.91 Å². The summed E-state index contributed by atoms with van der Waals surface area (Å²) in [4.78, 5) is 14.2. The van der Waals surface area contributed by atoms with E-state index in [2.05, 4.69) is 34.5 Å². The normalized spacial score (nSPS) is 16.8. The molecule has 0 aliphatic heterocycles. The van der Waals surface area contributed by atoms with Crippen molar-refractivity contribution in [3.8, 4) is 0 Å². The van der Waals surface area contributed by atoms with Crippen molar-refractivity contribution in [1.29, 1.82) is 0 Å². The van der Waals surface area contributed by atoms with Gasteiger partial charge in [0.05, 0.1) is 6.20 Å². The van der Waals surface area contributed by atoms with E-state index in [9.17, 15) is 4.79 Å². The van der Waals surface area contributed by atoms with Gasteiger partial charge in [0.2, 0.25) is 5.91 Å². The van der Waals surface area contributed by atoms with E-state index in [1.165, 1.54) is 11.1 Å². The van der Waals surface area contributed by atoms with Gasteiger partial charge in [-0.15, -0.1) is 0 Å². The first-order valence-electron chi connectivity index (χ1n) is 7.45. The number of nitrogens with zero attached hydrogens (tertiary/aromatic N) is 2. The zero-order valence-electron chi connectivity index (χ0n) is 12.6. The minimum absolute atomic E-state index is 0.206. The number of aryl methyl sites for hydroxylation is 2. The first-order chi connectivity index (χ1) is 10.1. The van der Waals surface area contributed by atoms with Crippen molar-refractivity contribution < 1.29 is 4.79 Å². The molecule has 0 bridgehead atoms. The molecule has 1 heterocycles. The number of carbonyl (C=O) groups is 1. The molecule has 0 radical (unpaired) electrons. The lowest BCUT2D eigenvalue weighted by Crippen LogP contribution is -2.27. The van der Waals surface area contributed by atoms with Gasteiger partial charge in [-0.05, 0) is 36.8 Å². The van der Waals surface area contributed by atoms with E-state index in [1.807, 2.05) is 14.0 Å². The van der Waals surface area contributed by atoms with Gasteiger partial charge in [-0.1, -0.05) is 24.3 Å². The molecule has 0 unspecified atom stereocenters.